The van der Waals surface area contributed by atoms with Gasteiger partial charge >= 0.3 is 12.2 Å². The number of carbonyl (C=O) groups is 2. The van der Waals surface area contributed by atoms with Gasteiger partial charge in [-0.3, -0.25) is 0 Å². The zero-order chi connectivity index (χ0) is 13.0. The van der Waals surface area contributed by atoms with E-state index < -0.39 is 6.09 Å². The molecule has 1 saturated carbocycles. The van der Waals surface area contributed by atoms with Crippen LogP contribution in [0.15, 0.2) is 0 Å². The molecule has 0 aromatic heterocycles. The summed E-state index contributed by atoms with van der Waals surface area (Å²) in [6.45, 7) is 1.60. The highest BCUT2D eigenvalue weighted by molar-refractivity contribution is 5.69. The van der Waals surface area contributed by atoms with Crippen LogP contribution in [-0.4, -0.2) is 59.4 Å². The highest BCUT2D eigenvalue weighted by Gasteiger charge is 2.26. The Kier molecular flexibility index (Phi) is 4.28. The molecular formula is C12H20N2O4. The Labute approximate surface area is 106 Å². The summed E-state index contributed by atoms with van der Waals surface area (Å²) in [6.07, 6.45) is 4.26. The van der Waals surface area contributed by atoms with Gasteiger partial charge in [0, 0.05) is 26.2 Å². The van der Waals surface area contributed by atoms with Crippen molar-refractivity contribution in [2.45, 2.75) is 38.2 Å². The first-order valence-corrected chi connectivity index (χ1v) is 6.60. The topological polar surface area (TPSA) is 70.1 Å². The van der Waals surface area contributed by atoms with E-state index in [1.165, 1.54) is 11.3 Å². The highest BCUT2D eigenvalue weighted by Crippen LogP contribution is 2.21. The van der Waals surface area contributed by atoms with Crippen molar-refractivity contribution in [2.24, 2.45) is 0 Å². The molecule has 2 aliphatic rings. The van der Waals surface area contributed by atoms with E-state index >= 15 is 0 Å². The summed E-state index contributed by atoms with van der Waals surface area (Å²) in [6, 6.07) is 0. The molecule has 0 bridgehead atoms. The molecule has 0 spiro atoms. The number of hydrogen-bond donors (Lipinski definition) is 1. The number of carbonyl (C=O) groups excluding carboxylic acids is 1. The van der Waals surface area contributed by atoms with Crippen molar-refractivity contribution in [1.82, 2.24) is 9.80 Å². The van der Waals surface area contributed by atoms with Gasteiger partial charge in [0.1, 0.15) is 6.10 Å². The maximum atomic E-state index is 11.9. The summed E-state index contributed by atoms with van der Waals surface area (Å²) in [4.78, 5) is 25.5. The number of rotatable bonds is 1. The molecule has 0 aromatic carbocycles. The lowest BCUT2D eigenvalue weighted by Gasteiger charge is -2.33. The monoisotopic (exact) mass is 256 g/mol. The number of nitrogens with zero attached hydrogens (tertiary/aromatic N) is 2. The maximum Gasteiger partial charge on any atom is 0.410 e. The van der Waals surface area contributed by atoms with Gasteiger partial charge in [0.25, 0.3) is 0 Å². The second-order valence-corrected chi connectivity index (χ2v) is 4.90. The Hall–Kier alpha value is -1.46. The molecule has 0 unspecified atom stereocenters. The van der Waals surface area contributed by atoms with Crippen LogP contribution in [0.3, 0.4) is 0 Å². The van der Waals surface area contributed by atoms with Crippen LogP contribution >= 0.6 is 0 Å². The Balaban J connectivity index is 1.75. The quantitative estimate of drug-likeness (QED) is 0.776. The molecule has 1 heterocycles. The minimum Gasteiger partial charge on any atom is -0.465 e. The molecule has 0 radical (unpaired) electrons. The van der Waals surface area contributed by atoms with Gasteiger partial charge < -0.3 is 19.6 Å². The van der Waals surface area contributed by atoms with Crippen molar-refractivity contribution in [3.8, 4) is 0 Å². The van der Waals surface area contributed by atoms with Gasteiger partial charge in [0.2, 0.25) is 0 Å². The average molecular weight is 256 g/mol. The second kappa shape index (κ2) is 5.93. The number of hydrogen-bond acceptors (Lipinski definition) is 3. The lowest BCUT2D eigenvalue weighted by molar-refractivity contribution is 0.0331. The van der Waals surface area contributed by atoms with Crippen molar-refractivity contribution in [1.29, 1.82) is 0 Å². The number of carboxylic acid groups (broad SMARTS) is 1. The van der Waals surface area contributed by atoms with Crippen LogP contribution in [0.5, 0.6) is 0 Å². The zero-order valence-electron chi connectivity index (χ0n) is 10.5. The summed E-state index contributed by atoms with van der Waals surface area (Å²) >= 11 is 0. The van der Waals surface area contributed by atoms with E-state index in [-0.39, 0.29) is 12.2 Å². The Morgan fingerprint density at radius 3 is 2.06 bits per heavy atom. The van der Waals surface area contributed by atoms with E-state index in [2.05, 4.69) is 0 Å². The summed E-state index contributed by atoms with van der Waals surface area (Å²) < 4.78 is 5.45. The van der Waals surface area contributed by atoms with Crippen molar-refractivity contribution in [2.75, 3.05) is 26.2 Å². The van der Waals surface area contributed by atoms with Gasteiger partial charge in [0.15, 0.2) is 0 Å². The molecule has 6 nitrogen and oxygen atoms in total. The molecule has 102 valence electrons. The van der Waals surface area contributed by atoms with Crippen LogP contribution in [0.1, 0.15) is 32.1 Å². The molecule has 2 amide bonds. The van der Waals surface area contributed by atoms with Crippen LogP contribution in [-0.2, 0) is 4.74 Å². The van der Waals surface area contributed by atoms with Gasteiger partial charge in [-0.2, -0.15) is 0 Å². The van der Waals surface area contributed by atoms with E-state index in [1.54, 1.807) is 4.90 Å². The first-order valence-electron chi connectivity index (χ1n) is 6.60. The second-order valence-electron chi connectivity index (χ2n) is 4.90. The van der Waals surface area contributed by atoms with E-state index in [1.807, 2.05) is 0 Å². The molecule has 6 heteroatoms. The van der Waals surface area contributed by atoms with Crippen LogP contribution in [0.2, 0.25) is 0 Å². The van der Waals surface area contributed by atoms with E-state index in [9.17, 15) is 9.59 Å². The Morgan fingerprint density at radius 1 is 0.944 bits per heavy atom. The zero-order valence-corrected chi connectivity index (χ0v) is 10.5. The summed E-state index contributed by atoms with van der Waals surface area (Å²) in [7, 11) is 0. The first kappa shape index (κ1) is 13.0. The van der Waals surface area contributed by atoms with Crippen molar-refractivity contribution >= 4 is 12.2 Å². The number of amides is 2. The fourth-order valence-corrected chi connectivity index (χ4v) is 2.48. The third-order valence-corrected chi connectivity index (χ3v) is 3.63. The first-order chi connectivity index (χ1) is 8.66. The maximum absolute atomic E-state index is 11.9. The summed E-state index contributed by atoms with van der Waals surface area (Å²) in [5.41, 5.74) is 0. The van der Waals surface area contributed by atoms with Crippen molar-refractivity contribution < 1.29 is 19.4 Å². The van der Waals surface area contributed by atoms with Gasteiger partial charge in [-0.1, -0.05) is 6.42 Å². The predicted octanol–water partition coefficient (Wildman–Crippen LogP) is 1.75. The Morgan fingerprint density at radius 2 is 1.50 bits per heavy atom. The van der Waals surface area contributed by atoms with Crippen molar-refractivity contribution in [3.63, 3.8) is 0 Å². The van der Waals surface area contributed by atoms with Gasteiger partial charge in [-0.15, -0.1) is 0 Å². The highest BCUT2D eigenvalue weighted by atomic mass is 16.6. The average Bonchev–Trinajstić information content (AvgIpc) is 2.40. The number of ether oxygens (including phenoxy) is 1. The lowest BCUT2D eigenvalue weighted by atomic mass is 9.98. The van der Waals surface area contributed by atoms with E-state index in [4.69, 9.17) is 9.84 Å². The molecule has 0 aromatic rings. The molecule has 2 rings (SSSR count). The smallest absolute Gasteiger partial charge is 0.410 e. The molecule has 1 saturated heterocycles. The lowest BCUT2D eigenvalue weighted by Crippen LogP contribution is -2.50. The van der Waals surface area contributed by atoms with Crippen LogP contribution in [0, 0.1) is 0 Å². The third kappa shape index (κ3) is 3.27. The Bertz CT molecular complexity index is 307. The molecule has 1 N–H and O–H groups in total. The van der Waals surface area contributed by atoms with Gasteiger partial charge in [-0.25, -0.2) is 9.59 Å². The van der Waals surface area contributed by atoms with E-state index in [0.29, 0.717) is 26.2 Å². The molecule has 18 heavy (non-hydrogen) atoms. The fraction of sp³-hybridized carbons (Fsp3) is 0.833. The third-order valence-electron chi connectivity index (χ3n) is 3.63. The largest absolute Gasteiger partial charge is 0.465 e. The van der Waals surface area contributed by atoms with Crippen LogP contribution < -0.4 is 0 Å². The molecule has 2 fully saturated rings. The van der Waals surface area contributed by atoms with Crippen molar-refractivity contribution in [3.05, 3.63) is 0 Å². The number of piperazine rings is 1. The minimum atomic E-state index is -0.921. The van der Waals surface area contributed by atoms with Gasteiger partial charge in [0.05, 0.1) is 0 Å². The van der Waals surface area contributed by atoms with E-state index in [0.717, 1.165) is 25.7 Å². The molecule has 1 aliphatic carbocycles. The minimum absolute atomic E-state index is 0.0590. The summed E-state index contributed by atoms with van der Waals surface area (Å²) in [5.74, 6) is 0. The molecule has 1 aliphatic heterocycles. The predicted molar refractivity (Wildman–Crippen MR) is 64.5 cm³/mol. The van der Waals surface area contributed by atoms with Crippen LogP contribution in [0.4, 0.5) is 9.59 Å². The normalized spacial score (nSPS) is 21.8. The van der Waals surface area contributed by atoms with Gasteiger partial charge in [-0.05, 0) is 25.7 Å². The standard InChI is InChI=1S/C12H20N2O4/c15-11(16)13-6-8-14(9-7-13)12(17)18-10-4-2-1-3-5-10/h10H,1-9H2,(H,15,16). The SMILES string of the molecule is O=C(O)N1CCN(C(=O)OC2CCCCC2)CC1. The molecular weight excluding hydrogens is 236 g/mol. The summed E-state index contributed by atoms with van der Waals surface area (Å²) in [5, 5.41) is 8.82. The fourth-order valence-electron chi connectivity index (χ4n) is 2.48. The van der Waals surface area contributed by atoms with Crippen LogP contribution in [0.25, 0.3) is 0 Å². The molecule has 0 atom stereocenters.